The third kappa shape index (κ3) is 8.01. The average Bonchev–Trinajstić information content (AvgIpc) is 3.62. The van der Waals surface area contributed by atoms with Gasteiger partial charge in [0.15, 0.2) is 24.6 Å². The third-order valence-electron chi connectivity index (χ3n) is 10.9. The smallest absolute Gasteiger partial charge is 0.334 e. The number of esters is 7. The van der Waals surface area contributed by atoms with Crippen molar-refractivity contribution in [3.05, 3.63) is 35.8 Å². The average molecular weight is 763 g/mol. The molecule has 54 heavy (non-hydrogen) atoms. The van der Waals surface area contributed by atoms with Gasteiger partial charge in [-0.25, -0.2) is 4.79 Å². The fourth-order valence-corrected chi connectivity index (χ4v) is 8.73. The van der Waals surface area contributed by atoms with Crippen molar-refractivity contribution in [1.82, 2.24) is 0 Å². The van der Waals surface area contributed by atoms with Crippen LogP contribution in [0.25, 0.3) is 0 Å². The van der Waals surface area contributed by atoms with Gasteiger partial charge in [0.25, 0.3) is 0 Å². The van der Waals surface area contributed by atoms with E-state index in [0.717, 1.165) is 27.7 Å². The summed E-state index contributed by atoms with van der Waals surface area (Å²) in [6.45, 7) is 8.88. The number of hydrogen-bond donors (Lipinski definition) is 0. The van der Waals surface area contributed by atoms with Crippen LogP contribution in [0.2, 0.25) is 0 Å². The summed E-state index contributed by atoms with van der Waals surface area (Å²) in [6.07, 6.45) is -5.33. The van der Waals surface area contributed by atoms with Crippen molar-refractivity contribution in [2.45, 2.75) is 117 Å². The van der Waals surface area contributed by atoms with Crippen LogP contribution in [0.5, 0.6) is 0 Å². The van der Waals surface area contributed by atoms with Crippen molar-refractivity contribution < 1.29 is 80.6 Å². The summed E-state index contributed by atoms with van der Waals surface area (Å²) in [5.74, 6) is -6.55. The summed E-state index contributed by atoms with van der Waals surface area (Å²) in [6, 6.07) is 1.70. The summed E-state index contributed by atoms with van der Waals surface area (Å²) in [7, 11) is 1.20. The number of carbonyl (C=O) groups excluding carboxylic acids is 7. The molecule has 4 aliphatic rings. The highest BCUT2D eigenvalue weighted by atomic mass is 16.7. The first-order valence-electron chi connectivity index (χ1n) is 17.5. The zero-order valence-electron chi connectivity index (χ0n) is 31.4. The molecule has 0 aromatic carbocycles. The van der Waals surface area contributed by atoms with Crippen LogP contribution in [0.3, 0.4) is 0 Å². The predicted molar refractivity (Wildman–Crippen MR) is 177 cm³/mol. The molecule has 0 unspecified atom stereocenters. The van der Waals surface area contributed by atoms with Crippen LogP contribution in [-0.2, 0) is 76.2 Å². The maximum absolute atomic E-state index is 14.1. The molecule has 1 aromatic rings. The van der Waals surface area contributed by atoms with Gasteiger partial charge in [0.1, 0.15) is 24.9 Å². The van der Waals surface area contributed by atoms with Gasteiger partial charge in [-0.15, -0.1) is 0 Å². The number of carbonyl (C=O) groups is 7. The van der Waals surface area contributed by atoms with Crippen molar-refractivity contribution in [2.24, 2.45) is 22.7 Å². The van der Waals surface area contributed by atoms with E-state index in [4.69, 9.17) is 47.0 Å². The minimum atomic E-state index is -1.62. The van der Waals surface area contributed by atoms with Crippen LogP contribution in [-0.4, -0.2) is 98.4 Å². The van der Waals surface area contributed by atoms with Crippen LogP contribution in [0.15, 0.2) is 34.7 Å². The summed E-state index contributed by atoms with van der Waals surface area (Å²) in [5, 5.41) is 0. The van der Waals surface area contributed by atoms with E-state index in [0.29, 0.717) is 12.0 Å². The number of ether oxygens (including phenoxy) is 9. The van der Waals surface area contributed by atoms with Gasteiger partial charge in [0, 0.05) is 51.2 Å². The first-order valence-corrected chi connectivity index (χ1v) is 17.5. The van der Waals surface area contributed by atoms with Crippen LogP contribution in [0.4, 0.5) is 0 Å². The van der Waals surface area contributed by atoms with E-state index in [-0.39, 0.29) is 18.4 Å². The fraction of sp³-hybridized carbons (Fsp3) is 0.649. The van der Waals surface area contributed by atoms with Crippen molar-refractivity contribution in [1.29, 1.82) is 0 Å². The van der Waals surface area contributed by atoms with E-state index in [1.54, 1.807) is 13.0 Å². The molecule has 12 atom stereocenters. The Balaban J connectivity index is 1.65. The second-order valence-electron chi connectivity index (χ2n) is 14.5. The highest BCUT2D eigenvalue weighted by Gasteiger charge is 2.67. The SMILES string of the molecule is COC(=O)C1=C[C@H](OC(C)=O)C[C@H]2[C@]3(C)C[C@@H](c4ccoc4)OC(=O)[C@H]3C[C@H](O[C@@H]3O[C@H](COC(C)=O)[C@@H](OC(C)=O)[C@H](OC(C)=O)[C@H]3OC(C)=O)[C@@]12C. The lowest BCUT2D eigenvalue weighted by Gasteiger charge is -2.62. The minimum absolute atomic E-state index is 0.0557. The van der Waals surface area contributed by atoms with Gasteiger partial charge in [-0.2, -0.15) is 0 Å². The second-order valence-corrected chi connectivity index (χ2v) is 14.5. The van der Waals surface area contributed by atoms with Crippen LogP contribution < -0.4 is 0 Å². The summed E-state index contributed by atoms with van der Waals surface area (Å²) < 4.78 is 57.1. The van der Waals surface area contributed by atoms with Gasteiger partial charge >= 0.3 is 41.8 Å². The van der Waals surface area contributed by atoms with Crippen LogP contribution in [0, 0.1) is 22.7 Å². The minimum Gasteiger partial charge on any atom is -0.472 e. The quantitative estimate of drug-likeness (QED) is 0.247. The van der Waals surface area contributed by atoms with Gasteiger partial charge in [-0.3, -0.25) is 28.8 Å². The maximum Gasteiger partial charge on any atom is 0.334 e. The molecule has 0 amide bonds. The number of rotatable bonds is 10. The van der Waals surface area contributed by atoms with Crippen LogP contribution >= 0.6 is 0 Å². The highest BCUT2D eigenvalue weighted by molar-refractivity contribution is 5.91. The number of methoxy groups -OCH3 is 1. The topological polar surface area (TPSA) is 216 Å². The number of furan rings is 1. The van der Waals surface area contributed by atoms with Gasteiger partial charge in [-0.1, -0.05) is 13.8 Å². The molecular formula is C37H46O17. The Hall–Kier alpha value is -4.77. The molecule has 3 heterocycles. The summed E-state index contributed by atoms with van der Waals surface area (Å²) in [4.78, 5) is 89.3. The van der Waals surface area contributed by atoms with E-state index in [9.17, 15) is 33.6 Å². The van der Waals surface area contributed by atoms with E-state index in [1.807, 2.05) is 6.92 Å². The number of cyclic esters (lactones) is 1. The third-order valence-corrected chi connectivity index (χ3v) is 10.9. The Labute approximate surface area is 311 Å². The maximum atomic E-state index is 14.1. The standard InChI is InChI=1S/C37H46O17/c1-17(38)47-16-27-30(49-19(3)40)31(50-20(4)41)32(51-21(5)42)35(53-27)54-29-13-24-34(44)52-26(22-9-10-46-15-22)14-36(24,6)28-12-23(48-18(2)39)11-25(33(43)45-8)37(28,29)7/h9-11,15,23-24,26-32,35H,12-14,16H2,1-8H3/t23-,24+,26-,27+,28-,29-,30+,31-,32+,35-,36+,37-/m0/s1. The van der Waals surface area contributed by atoms with Crippen molar-refractivity contribution in [3.63, 3.8) is 0 Å². The van der Waals surface area contributed by atoms with E-state index in [1.165, 1.54) is 32.6 Å². The van der Waals surface area contributed by atoms with Crippen LogP contribution in [0.1, 0.15) is 79.4 Å². The molecule has 17 heteroatoms. The highest BCUT2D eigenvalue weighted by Crippen LogP contribution is 2.66. The van der Waals surface area contributed by atoms with Gasteiger partial charge in [0.2, 0.25) is 0 Å². The lowest BCUT2D eigenvalue weighted by molar-refractivity contribution is -0.332. The zero-order chi connectivity index (χ0) is 39.7. The second kappa shape index (κ2) is 15.9. The molecule has 17 nitrogen and oxygen atoms in total. The predicted octanol–water partition coefficient (Wildman–Crippen LogP) is 2.82. The normalized spacial score (nSPS) is 35.8. The lowest BCUT2D eigenvalue weighted by Crippen LogP contribution is -2.67. The largest absolute Gasteiger partial charge is 0.472 e. The van der Waals surface area contributed by atoms with E-state index in [2.05, 4.69) is 0 Å². The van der Waals surface area contributed by atoms with Gasteiger partial charge in [-0.05, 0) is 42.7 Å². The molecule has 5 rings (SSSR count). The monoisotopic (exact) mass is 762 g/mol. The molecule has 0 bridgehead atoms. The Morgan fingerprint density at radius 1 is 0.833 bits per heavy atom. The molecule has 2 aliphatic carbocycles. The fourth-order valence-electron chi connectivity index (χ4n) is 8.73. The van der Waals surface area contributed by atoms with Crippen molar-refractivity contribution >= 4 is 41.8 Å². The summed E-state index contributed by atoms with van der Waals surface area (Å²) >= 11 is 0. The molecule has 1 saturated carbocycles. The Morgan fingerprint density at radius 2 is 1.46 bits per heavy atom. The lowest BCUT2D eigenvalue weighted by atomic mass is 9.44. The van der Waals surface area contributed by atoms with E-state index < -0.39 is 120 Å². The molecule has 3 fully saturated rings. The molecule has 2 saturated heterocycles. The number of hydrogen-bond acceptors (Lipinski definition) is 17. The molecule has 2 aliphatic heterocycles. The van der Waals surface area contributed by atoms with Gasteiger partial charge < -0.3 is 47.0 Å². The molecule has 296 valence electrons. The Kier molecular flexibility index (Phi) is 11.9. The Morgan fingerprint density at radius 3 is 2.04 bits per heavy atom. The van der Waals surface area contributed by atoms with E-state index >= 15 is 0 Å². The molecule has 0 N–H and O–H groups in total. The van der Waals surface area contributed by atoms with Crippen molar-refractivity contribution in [3.8, 4) is 0 Å². The first-order chi connectivity index (χ1) is 25.4. The molecular weight excluding hydrogens is 716 g/mol. The zero-order valence-corrected chi connectivity index (χ0v) is 31.4. The first kappa shape index (κ1) is 40.4. The van der Waals surface area contributed by atoms with Crippen molar-refractivity contribution in [2.75, 3.05) is 13.7 Å². The molecule has 1 aromatic heterocycles. The Bertz CT molecular complexity index is 1670. The number of fused-ring (bicyclic) bond motifs is 3. The molecule has 0 spiro atoms. The van der Waals surface area contributed by atoms with Gasteiger partial charge in [0.05, 0.1) is 31.7 Å². The summed E-state index contributed by atoms with van der Waals surface area (Å²) in [5.41, 5.74) is -1.48. The molecule has 0 radical (unpaired) electrons.